The molecule has 1 aliphatic heterocycles. The van der Waals surface area contributed by atoms with E-state index in [0.29, 0.717) is 34.8 Å². The van der Waals surface area contributed by atoms with Crippen molar-refractivity contribution in [1.82, 2.24) is 0 Å². The molecule has 1 aromatic heterocycles. The van der Waals surface area contributed by atoms with Gasteiger partial charge in [-0.2, -0.15) is 5.26 Å². The highest BCUT2D eigenvalue weighted by molar-refractivity contribution is 7.12. The zero-order valence-corrected chi connectivity index (χ0v) is 20.0. The van der Waals surface area contributed by atoms with Gasteiger partial charge in [-0.3, -0.25) is 9.69 Å². The smallest absolute Gasteiger partial charge is 0.162 e. The van der Waals surface area contributed by atoms with Gasteiger partial charge in [0.15, 0.2) is 5.78 Å². The van der Waals surface area contributed by atoms with Crippen molar-refractivity contribution in [3.8, 4) is 6.07 Å². The van der Waals surface area contributed by atoms with Crippen molar-refractivity contribution in [3.05, 3.63) is 72.8 Å². The fraction of sp³-hybridized carbons (Fsp3) is 0.360. The van der Waals surface area contributed by atoms with Gasteiger partial charge in [0.05, 0.1) is 23.2 Å². The van der Waals surface area contributed by atoms with Gasteiger partial charge in [0.25, 0.3) is 0 Å². The molecular weight excluding hydrogens is 426 g/mol. The van der Waals surface area contributed by atoms with E-state index in [2.05, 4.69) is 26.0 Å². The van der Waals surface area contributed by atoms with E-state index in [0.717, 1.165) is 32.3 Å². The highest BCUT2D eigenvalue weighted by atomic mass is 35.5. The summed E-state index contributed by atoms with van der Waals surface area (Å²) in [5, 5.41) is 10.8. The van der Waals surface area contributed by atoms with E-state index in [4.69, 9.17) is 17.3 Å². The van der Waals surface area contributed by atoms with Crippen LogP contribution in [-0.4, -0.2) is 5.78 Å². The molecule has 0 saturated carbocycles. The maximum atomic E-state index is 13.6. The van der Waals surface area contributed by atoms with E-state index in [1.54, 1.807) is 11.3 Å². The number of nitrogens with zero attached hydrogens (tertiary/aromatic N) is 2. The van der Waals surface area contributed by atoms with Crippen LogP contribution in [0.3, 0.4) is 0 Å². The van der Waals surface area contributed by atoms with Crippen molar-refractivity contribution in [1.29, 1.82) is 5.26 Å². The SMILES string of the molecule is Cc1cc([C@@H]2C(C#N)=C(N)N(c3cccc(Cl)c3C)C3=C2C(=O)CC(C)(C)C3)c(C)s1. The number of ketones is 1. The van der Waals surface area contributed by atoms with Crippen molar-refractivity contribution >= 4 is 34.4 Å². The molecule has 1 aromatic carbocycles. The molecule has 0 fully saturated rings. The van der Waals surface area contributed by atoms with E-state index < -0.39 is 5.92 Å². The van der Waals surface area contributed by atoms with E-state index in [9.17, 15) is 10.1 Å². The van der Waals surface area contributed by atoms with Crippen LogP contribution in [0.1, 0.15) is 53.5 Å². The van der Waals surface area contributed by atoms with E-state index in [1.165, 1.54) is 0 Å². The Morgan fingerprint density at radius 3 is 2.58 bits per heavy atom. The van der Waals surface area contributed by atoms with Crippen LogP contribution in [0.5, 0.6) is 0 Å². The van der Waals surface area contributed by atoms with E-state index in [1.807, 2.05) is 43.9 Å². The molecular formula is C25H26ClN3OS. The second kappa shape index (κ2) is 7.55. The van der Waals surface area contributed by atoms with Gasteiger partial charge in [-0.15, -0.1) is 11.3 Å². The van der Waals surface area contributed by atoms with Crippen LogP contribution in [0.2, 0.25) is 5.02 Å². The summed E-state index contributed by atoms with van der Waals surface area (Å²) in [6.07, 6.45) is 1.14. The van der Waals surface area contributed by atoms with Gasteiger partial charge in [0.2, 0.25) is 0 Å². The molecule has 4 rings (SSSR count). The number of carbonyl (C=O) groups excluding carboxylic acids is 1. The van der Waals surface area contributed by atoms with Crippen LogP contribution in [0.15, 0.2) is 46.9 Å². The number of carbonyl (C=O) groups is 1. The Kier molecular flexibility index (Phi) is 5.28. The van der Waals surface area contributed by atoms with Crippen LogP contribution in [0.25, 0.3) is 0 Å². The molecule has 0 radical (unpaired) electrons. The summed E-state index contributed by atoms with van der Waals surface area (Å²) >= 11 is 8.11. The number of hydrogen-bond acceptors (Lipinski definition) is 5. The molecule has 0 saturated heterocycles. The van der Waals surface area contributed by atoms with Crippen molar-refractivity contribution in [2.45, 2.75) is 53.4 Å². The minimum absolute atomic E-state index is 0.0874. The summed E-state index contributed by atoms with van der Waals surface area (Å²) in [4.78, 5) is 17.7. The first-order chi connectivity index (χ1) is 14.6. The molecule has 31 heavy (non-hydrogen) atoms. The van der Waals surface area contributed by atoms with Crippen LogP contribution in [-0.2, 0) is 4.79 Å². The minimum atomic E-state index is -0.427. The molecule has 2 aromatic rings. The topological polar surface area (TPSA) is 70.1 Å². The summed E-state index contributed by atoms with van der Waals surface area (Å²) < 4.78 is 0. The summed E-state index contributed by atoms with van der Waals surface area (Å²) in [5.74, 6) is 0.0408. The molecule has 4 nitrogen and oxygen atoms in total. The lowest BCUT2D eigenvalue weighted by Crippen LogP contribution is -2.42. The third kappa shape index (κ3) is 3.48. The van der Waals surface area contributed by atoms with Crippen molar-refractivity contribution in [2.75, 3.05) is 4.90 Å². The number of anilines is 1. The number of hydrogen-bond donors (Lipinski definition) is 1. The van der Waals surface area contributed by atoms with Crippen molar-refractivity contribution in [2.24, 2.45) is 11.1 Å². The molecule has 2 N–H and O–H groups in total. The number of nitriles is 1. The Labute approximate surface area is 192 Å². The van der Waals surface area contributed by atoms with Gasteiger partial charge < -0.3 is 5.73 Å². The predicted octanol–water partition coefficient (Wildman–Crippen LogP) is 6.27. The lowest BCUT2D eigenvalue weighted by Gasteiger charge is -2.44. The molecule has 1 aliphatic carbocycles. The number of nitrogens with two attached hydrogens (primary N) is 1. The maximum Gasteiger partial charge on any atom is 0.162 e. The zero-order valence-electron chi connectivity index (χ0n) is 18.5. The number of Topliss-reactive ketones (excluding diaryl/α,β-unsaturated/α-hetero) is 1. The van der Waals surface area contributed by atoms with Gasteiger partial charge in [-0.25, -0.2) is 0 Å². The Hall–Kier alpha value is -2.55. The Morgan fingerprint density at radius 2 is 1.97 bits per heavy atom. The monoisotopic (exact) mass is 451 g/mol. The van der Waals surface area contributed by atoms with Gasteiger partial charge in [-0.1, -0.05) is 31.5 Å². The number of allylic oxidation sites excluding steroid dienone is 3. The molecule has 2 aliphatic rings. The Bertz CT molecular complexity index is 1210. The lowest BCUT2D eigenvalue weighted by molar-refractivity contribution is -0.118. The first-order valence-electron chi connectivity index (χ1n) is 10.3. The molecule has 0 unspecified atom stereocenters. The van der Waals surface area contributed by atoms with Gasteiger partial charge in [0, 0.05) is 32.5 Å². The normalized spacial score (nSPS) is 20.7. The average Bonchev–Trinajstić information content (AvgIpc) is 3.00. The lowest BCUT2D eigenvalue weighted by atomic mass is 9.68. The third-order valence-corrected chi connectivity index (χ3v) is 7.64. The van der Waals surface area contributed by atoms with Crippen LogP contribution in [0, 0.1) is 37.5 Å². The number of aryl methyl sites for hydroxylation is 2. The number of halogens is 1. The molecule has 0 amide bonds. The largest absolute Gasteiger partial charge is 0.384 e. The van der Waals surface area contributed by atoms with Crippen LogP contribution in [0.4, 0.5) is 5.69 Å². The second-order valence-corrected chi connectivity index (χ2v) is 11.1. The zero-order chi connectivity index (χ0) is 22.7. The second-order valence-electron chi connectivity index (χ2n) is 9.23. The third-order valence-electron chi connectivity index (χ3n) is 6.25. The molecule has 2 heterocycles. The highest BCUT2D eigenvalue weighted by Gasteiger charge is 2.45. The Balaban J connectivity index is 2.06. The first-order valence-corrected chi connectivity index (χ1v) is 11.5. The number of benzene rings is 1. The standard InChI is InChI=1S/C25H26ClN3OS/c1-13-9-16(15(3)31-13)22-17(12-27)24(28)29(19-8-6-7-18(26)14(19)2)20-10-25(4,5)11-21(30)23(20)22/h6-9,22H,10-11,28H2,1-5H3/t22-/m1/s1. The summed E-state index contributed by atoms with van der Waals surface area (Å²) in [7, 11) is 0. The summed E-state index contributed by atoms with van der Waals surface area (Å²) in [6, 6.07) is 10.1. The van der Waals surface area contributed by atoms with E-state index >= 15 is 0 Å². The Morgan fingerprint density at radius 1 is 1.26 bits per heavy atom. The first kappa shape index (κ1) is 21.7. The maximum absolute atomic E-state index is 13.6. The summed E-state index contributed by atoms with van der Waals surface area (Å²) in [5.41, 5.74) is 11.2. The molecule has 160 valence electrons. The predicted molar refractivity (Wildman–Crippen MR) is 127 cm³/mol. The van der Waals surface area contributed by atoms with Crippen molar-refractivity contribution < 1.29 is 4.79 Å². The molecule has 1 atom stereocenters. The average molecular weight is 452 g/mol. The number of rotatable bonds is 2. The molecule has 6 heteroatoms. The molecule has 0 spiro atoms. The van der Waals surface area contributed by atoms with Gasteiger partial charge in [0.1, 0.15) is 5.82 Å². The van der Waals surface area contributed by atoms with Crippen LogP contribution >= 0.6 is 22.9 Å². The van der Waals surface area contributed by atoms with Crippen molar-refractivity contribution in [3.63, 3.8) is 0 Å². The quantitative estimate of drug-likeness (QED) is 0.584. The van der Waals surface area contributed by atoms with Gasteiger partial charge >= 0.3 is 0 Å². The van der Waals surface area contributed by atoms with E-state index in [-0.39, 0.29) is 11.2 Å². The molecule has 0 bridgehead atoms. The minimum Gasteiger partial charge on any atom is -0.384 e. The fourth-order valence-corrected chi connectivity index (χ4v) is 6.00. The van der Waals surface area contributed by atoms with Gasteiger partial charge in [-0.05, 0) is 61.9 Å². The highest BCUT2D eigenvalue weighted by Crippen LogP contribution is 2.51. The fourth-order valence-electron chi connectivity index (χ4n) is 4.87. The number of thiophene rings is 1. The van der Waals surface area contributed by atoms with Crippen LogP contribution < -0.4 is 10.6 Å². The summed E-state index contributed by atoms with van der Waals surface area (Å²) in [6.45, 7) is 10.2.